The summed E-state index contributed by atoms with van der Waals surface area (Å²) in [5.41, 5.74) is 8.10. The average molecular weight is 370 g/mol. The van der Waals surface area contributed by atoms with E-state index in [-0.39, 0.29) is 13.0 Å². The van der Waals surface area contributed by atoms with Crippen LogP contribution >= 0.6 is 11.3 Å². The molecular weight excluding hydrogens is 352 g/mol. The highest BCUT2D eigenvalue weighted by Crippen LogP contribution is 2.17. The largest absolute Gasteiger partial charge is 0.481 e. The number of aliphatic imine (C=N–C) groups is 1. The molecule has 3 aromatic heterocycles. The van der Waals surface area contributed by atoms with Gasteiger partial charge in [-0.05, 0) is 28.5 Å². The molecule has 0 unspecified atom stereocenters. The number of hydrogen-bond donors (Lipinski definition) is 3. The maximum Gasteiger partial charge on any atom is 0.305 e. The summed E-state index contributed by atoms with van der Waals surface area (Å²) in [4.78, 5) is 23.3. The summed E-state index contributed by atoms with van der Waals surface area (Å²) in [5.74, 6) is -0.502. The van der Waals surface area contributed by atoms with Crippen LogP contribution in [0.5, 0.6) is 0 Å². The number of hydrogen-bond acceptors (Lipinski definition) is 7. The van der Waals surface area contributed by atoms with E-state index in [1.54, 1.807) is 17.5 Å². The highest BCUT2D eigenvalue weighted by molar-refractivity contribution is 7.07. The number of thiophene rings is 1. The van der Waals surface area contributed by atoms with Crippen molar-refractivity contribution in [1.82, 2.24) is 14.5 Å². The van der Waals surface area contributed by atoms with Gasteiger partial charge in [0.2, 0.25) is 5.95 Å². The van der Waals surface area contributed by atoms with Crippen molar-refractivity contribution in [2.75, 3.05) is 11.9 Å². The zero-order valence-corrected chi connectivity index (χ0v) is 14.7. The molecule has 0 aliphatic heterocycles. The summed E-state index contributed by atoms with van der Waals surface area (Å²) < 4.78 is 2.05. The maximum atomic E-state index is 10.5. The Hall–Kier alpha value is -3.20. The van der Waals surface area contributed by atoms with Crippen molar-refractivity contribution < 1.29 is 9.90 Å². The molecule has 0 radical (unpaired) electrons. The van der Waals surface area contributed by atoms with Gasteiger partial charge in [0.05, 0.1) is 12.1 Å². The molecule has 0 saturated heterocycles. The number of nitrogens with zero attached hydrogens (tertiary/aromatic N) is 4. The number of carboxylic acid groups (broad SMARTS) is 1. The van der Waals surface area contributed by atoms with E-state index < -0.39 is 5.97 Å². The molecule has 0 spiro atoms. The van der Waals surface area contributed by atoms with Crippen molar-refractivity contribution in [2.45, 2.75) is 13.0 Å². The second-order valence-electron chi connectivity index (χ2n) is 5.47. The van der Waals surface area contributed by atoms with Crippen molar-refractivity contribution >= 4 is 40.5 Å². The summed E-state index contributed by atoms with van der Waals surface area (Å²) >= 11 is 1.66. The standard InChI is InChI=1S/C17H18N6O2S/c18-7-14(9-19-4-1-15(24)25)21-17-20-8-13-2-5-23(16(13)22-17)10-12-3-6-26-11-12/h2-3,5-9,11H,1,4,10,18H2,(H,24,25)(H,20,21,22)/b14-7+,19-9?. The second kappa shape index (κ2) is 8.26. The number of carboxylic acids is 1. The van der Waals surface area contributed by atoms with Gasteiger partial charge < -0.3 is 20.7 Å². The van der Waals surface area contributed by atoms with Crippen molar-refractivity contribution in [1.29, 1.82) is 0 Å². The second-order valence-corrected chi connectivity index (χ2v) is 6.25. The number of aromatic nitrogens is 3. The van der Waals surface area contributed by atoms with E-state index in [9.17, 15) is 4.79 Å². The first kappa shape index (κ1) is 17.6. The Morgan fingerprint density at radius 1 is 1.46 bits per heavy atom. The van der Waals surface area contributed by atoms with E-state index in [0.717, 1.165) is 17.6 Å². The lowest BCUT2D eigenvalue weighted by atomic mass is 10.3. The maximum absolute atomic E-state index is 10.5. The van der Waals surface area contributed by atoms with Crippen molar-refractivity contribution in [3.8, 4) is 0 Å². The lowest BCUT2D eigenvalue weighted by Crippen LogP contribution is -2.08. The number of rotatable bonds is 8. The van der Waals surface area contributed by atoms with Crippen LogP contribution < -0.4 is 11.1 Å². The first-order valence-electron chi connectivity index (χ1n) is 7.89. The highest BCUT2D eigenvalue weighted by Gasteiger charge is 2.07. The van der Waals surface area contributed by atoms with E-state index in [0.29, 0.717) is 11.6 Å². The van der Waals surface area contributed by atoms with Gasteiger partial charge in [-0.3, -0.25) is 9.79 Å². The summed E-state index contributed by atoms with van der Waals surface area (Å²) in [6.07, 6.45) is 6.49. The van der Waals surface area contributed by atoms with E-state index in [1.807, 2.05) is 17.6 Å². The van der Waals surface area contributed by atoms with Gasteiger partial charge in [-0.25, -0.2) is 4.98 Å². The Kier molecular flexibility index (Phi) is 5.59. The molecule has 0 aliphatic rings. The molecule has 26 heavy (non-hydrogen) atoms. The number of allylic oxidation sites excluding steroid dienone is 1. The average Bonchev–Trinajstić information content (AvgIpc) is 3.28. The van der Waals surface area contributed by atoms with Crippen LogP contribution in [0.3, 0.4) is 0 Å². The third-order valence-corrected chi connectivity index (χ3v) is 4.29. The third kappa shape index (κ3) is 4.45. The number of fused-ring (bicyclic) bond motifs is 1. The molecule has 0 aliphatic carbocycles. The first-order chi connectivity index (χ1) is 12.7. The minimum absolute atomic E-state index is 0.0348. The van der Waals surface area contributed by atoms with Crippen LogP contribution in [0, 0.1) is 0 Å². The monoisotopic (exact) mass is 370 g/mol. The van der Waals surface area contributed by atoms with Crippen LogP contribution in [0.4, 0.5) is 5.95 Å². The molecule has 0 fully saturated rings. The van der Waals surface area contributed by atoms with Crippen molar-refractivity contribution in [3.05, 3.63) is 52.7 Å². The van der Waals surface area contributed by atoms with Crippen LogP contribution in [0.25, 0.3) is 11.0 Å². The molecular formula is C17H18N6O2S. The van der Waals surface area contributed by atoms with Crippen LogP contribution in [-0.2, 0) is 11.3 Å². The number of aliphatic carboxylic acids is 1. The normalized spacial score (nSPS) is 12.1. The van der Waals surface area contributed by atoms with Gasteiger partial charge in [0.15, 0.2) is 0 Å². The summed E-state index contributed by atoms with van der Waals surface area (Å²) in [6.45, 7) is 0.914. The van der Waals surface area contributed by atoms with Crippen LogP contribution in [0.1, 0.15) is 12.0 Å². The molecule has 3 aromatic rings. The molecule has 0 atom stereocenters. The molecule has 3 rings (SSSR count). The van der Waals surface area contributed by atoms with Crippen molar-refractivity contribution in [3.63, 3.8) is 0 Å². The minimum atomic E-state index is -0.895. The van der Waals surface area contributed by atoms with Gasteiger partial charge in [-0.2, -0.15) is 16.3 Å². The zero-order chi connectivity index (χ0) is 18.4. The summed E-state index contributed by atoms with van der Waals surface area (Å²) in [5, 5.41) is 16.7. The number of nitrogens with two attached hydrogens (primary N) is 1. The molecule has 9 heteroatoms. The summed E-state index contributed by atoms with van der Waals surface area (Å²) in [6, 6.07) is 4.05. The number of carbonyl (C=O) groups is 1. The Labute approximate surface area is 153 Å². The molecule has 0 aromatic carbocycles. The molecule has 0 bridgehead atoms. The SMILES string of the molecule is N/C=C(\C=NCCC(=O)O)Nc1ncc2ccn(Cc3ccsc3)c2n1. The molecule has 3 heterocycles. The zero-order valence-electron chi connectivity index (χ0n) is 13.9. The van der Waals surface area contributed by atoms with Crippen LogP contribution in [0.2, 0.25) is 0 Å². The van der Waals surface area contributed by atoms with Gasteiger partial charge in [-0.15, -0.1) is 0 Å². The van der Waals surface area contributed by atoms with E-state index in [4.69, 9.17) is 10.8 Å². The van der Waals surface area contributed by atoms with Gasteiger partial charge in [-0.1, -0.05) is 0 Å². The fourth-order valence-corrected chi connectivity index (χ4v) is 2.97. The highest BCUT2D eigenvalue weighted by atomic mass is 32.1. The molecule has 8 nitrogen and oxygen atoms in total. The minimum Gasteiger partial charge on any atom is -0.481 e. The van der Waals surface area contributed by atoms with Crippen LogP contribution in [-0.4, -0.2) is 38.4 Å². The third-order valence-electron chi connectivity index (χ3n) is 3.56. The Morgan fingerprint density at radius 2 is 2.35 bits per heavy atom. The smallest absolute Gasteiger partial charge is 0.305 e. The first-order valence-corrected chi connectivity index (χ1v) is 8.83. The van der Waals surface area contributed by atoms with Gasteiger partial charge in [0, 0.05) is 43.3 Å². The van der Waals surface area contributed by atoms with E-state index >= 15 is 0 Å². The summed E-state index contributed by atoms with van der Waals surface area (Å²) in [7, 11) is 0. The molecule has 134 valence electrons. The molecule has 0 saturated carbocycles. The Bertz CT molecular complexity index is 945. The lowest BCUT2D eigenvalue weighted by molar-refractivity contribution is -0.136. The fraction of sp³-hybridized carbons (Fsp3) is 0.176. The lowest BCUT2D eigenvalue weighted by Gasteiger charge is -2.07. The Balaban J connectivity index is 1.74. The topological polar surface area (TPSA) is 118 Å². The predicted molar refractivity (Wildman–Crippen MR) is 102 cm³/mol. The van der Waals surface area contributed by atoms with E-state index in [1.165, 1.54) is 18.0 Å². The van der Waals surface area contributed by atoms with E-state index in [2.05, 4.69) is 36.3 Å². The number of nitrogens with one attached hydrogen (secondary N) is 1. The van der Waals surface area contributed by atoms with Gasteiger partial charge in [0.1, 0.15) is 5.65 Å². The van der Waals surface area contributed by atoms with Gasteiger partial charge >= 0.3 is 5.97 Å². The number of anilines is 1. The fourth-order valence-electron chi connectivity index (χ4n) is 2.31. The van der Waals surface area contributed by atoms with Crippen LogP contribution in [0.15, 0.2) is 52.2 Å². The van der Waals surface area contributed by atoms with Crippen molar-refractivity contribution in [2.24, 2.45) is 10.7 Å². The molecule has 0 amide bonds. The quantitative estimate of drug-likeness (QED) is 0.524. The van der Waals surface area contributed by atoms with Gasteiger partial charge in [0.25, 0.3) is 0 Å². The molecule has 4 N–H and O–H groups in total. The predicted octanol–water partition coefficient (Wildman–Crippen LogP) is 2.30. The Morgan fingerprint density at radius 3 is 3.08 bits per heavy atom.